The molecule has 5 aromatic rings. The highest BCUT2D eigenvalue weighted by atomic mass is 15.2. The van der Waals surface area contributed by atoms with Gasteiger partial charge in [0.1, 0.15) is 11.6 Å². The average Bonchev–Trinajstić information content (AvgIpc) is 3.11. The van der Waals surface area contributed by atoms with E-state index in [0.717, 1.165) is 41.6 Å². The fourth-order valence-electron chi connectivity index (χ4n) is 9.57. The van der Waals surface area contributed by atoms with E-state index in [-0.39, 0.29) is 39.2 Å². The van der Waals surface area contributed by atoms with Crippen LogP contribution in [0.4, 0.5) is 34.4 Å². The largest absolute Gasteiger partial charge is 0.296 e. The van der Waals surface area contributed by atoms with Crippen molar-refractivity contribution >= 4 is 57.5 Å². The lowest BCUT2D eigenvalue weighted by Crippen LogP contribution is -2.62. The molecule has 0 spiro atoms. The van der Waals surface area contributed by atoms with Gasteiger partial charge in [-0.2, -0.15) is 0 Å². The van der Waals surface area contributed by atoms with E-state index in [2.05, 4.69) is 200 Å². The maximum atomic E-state index is 5.64. The summed E-state index contributed by atoms with van der Waals surface area (Å²) in [5.41, 5.74) is 17.6. The second-order valence-corrected chi connectivity index (χ2v) is 23.3. The maximum Gasteiger partial charge on any atom is 0.254 e. The van der Waals surface area contributed by atoms with Crippen LogP contribution in [0.15, 0.2) is 72.8 Å². The number of aromatic nitrogens is 2. The Hall–Kier alpha value is -4.38. The van der Waals surface area contributed by atoms with Crippen molar-refractivity contribution < 1.29 is 0 Å². The molecule has 4 heterocycles. The van der Waals surface area contributed by atoms with Crippen LogP contribution < -0.4 is 26.2 Å². The molecule has 3 aliphatic rings. The molecule has 58 heavy (non-hydrogen) atoms. The minimum absolute atomic E-state index is 0.00854. The van der Waals surface area contributed by atoms with Gasteiger partial charge in [0.05, 0.1) is 0 Å². The molecule has 2 aliphatic heterocycles. The predicted octanol–water partition coefficient (Wildman–Crippen LogP) is 12.4. The summed E-state index contributed by atoms with van der Waals surface area (Å²) in [7, 11) is 0. The number of rotatable bonds is 2. The maximum absolute atomic E-state index is 5.64. The molecule has 2 aromatic heterocycles. The molecule has 302 valence electrons. The predicted molar refractivity (Wildman–Crippen MR) is 251 cm³/mol. The van der Waals surface area contributed by atoms with Crippen LogP contribution in [0, 0.1) is 6.92 Å². The fourth-order valence-corrected chi connectivity index (χ4v) is 9.57. The lowest BCUT2D eigenvalue weighted by atomic mass is 9.33. The number of fused-ring (bicyclic) bond motifs is 5. The third kappa shape index (κ3) is 6.60. The van der Waals surface area contributed by atoms with Crippen molar-refractivity contribution in [2.75, 3.05) is 9.80 Å². The Morgan fingerprint density at radius 2 is 1.07 bits per heavy atom. The van der Waals surface area contributed by atoms with Crippen LogP contribution in [-0.2, 0) is 32.5 Å². The molecule has 1 aliphatic carbocycles. The Kier molecular flexibility index (Phi) is 8.93. The van der Waals surface area contributed by atoms with Crippen molar-refractivity contribution in [2.45, 2.75) is 163 Å². The van der Waals surface area contributed by atoms with Crippen LogP contribution in [0.2, 0.25) is 0 Å². The van der Waals surface area contributed by atoms with Crippen molar-refractivity contribution in [3.05, 3.63) is 112 Å². The second-order valence-electron chi connectivity index (χ2n) is 23.3. The number of pyridine rings is 2. The lowest BCUT2D eigenvalue weighted by molar-refractivity contribution is 0.332. The zero-order valence-electron chi connectivity index (χ0n) is 38.7. The Morgan fingerprint density at radius 3 is 1.64 bits per heavy atom. The molecule has 0 radical (unpaired) electrons. The molecule has 0 fully saturated rings. The molecule has 0 amide bonds. The Balaban J connectivity index is 1.53. The van der Waals surface area contributed by atoms with Gasteiger partial charge in [0.25, 0.3) is 6.71 Å². The standard InChI is InChI=1S/C53H67BN4/c1-32-26-43-46-47(55-32)57(36-21-18-33(19-22-36)48(2,3)4)41-23-20-34(49(5,6)7)27-39(41)54(46)40-30-37-38(53(16,17)25-24-52(37,14)15)31-42(40)58(43)45-29-35(50(8,9)10)28-44(56-45)51(11,12)13/h18-23,26-31H,24-25H2,1-17H3. The van der Waals surface area contributed by atoms with Crippen LogP contribution in [0.5, 0.6) is 0 Å². The molecule has 8 rings (SSSR count). The van der Waals surface area contributed by atoms with Gasteiger partial charge in [0.15, 0.2) is 0 Å². The molecule has 0 saturated carbocycles. The van der Waals surface area contributed by atoms with Gasteiger partial charge in [-0.3, -0.25) is 9.80 Å². The Bertz CT molecular complexity index is 2430. The smallest absolute Gasteiger partial charge is 0.254 e. The van der Waals surface area contributed by atoms with E-state index in [1.54, 1.807) is 0 Å². The molecule has 4 nitrogen and oxygen atoms in total. The van der Waals surface area contributed by atoms with Crippen LogP contribution in [-0.4, -0.2) is 16.7 Å². The van der Waals surface area contributed by atoms with Gasteiger partial charge in [-0.05, 0) is 134 Å². The van der Waals surface area contributed by atoms with Crippen molar-refractivity contribution in [1.29, 1.82) is 0 Å². The molecular formula is C53H67BN4. The molecule has 0 saturated heterocycles. The molecule has 0 unspecified atom stereocenters. The molecule has 5 heteroatoms. The number of nitrogens with zero attached hydrogens (tertiary/aromatic N) is 4. The van der Waals surface area contributed by atoms with Gasteiger partial charge >= 0.3 is 0 Å². The van der Waals surface area contributed by atoms with Crippen LogP contribution in [0.3, 0.4) is 0 Å². The topological polar surface area (TPSA) is 32.3 Å². The first-order valence-corrected chi connectivity index (χ1v) is 21.8. The summed E-state index contributed by atoms with van der Waals surface area (Å²) in [6.45, 7) is 39.7. The zero-order chi connectivity index (χ0) is 42.3. The summed E-state index contributed by atoms with van der Waals surface area (Å²) in [6.07, 6.45) is 2.32. The van der Waals surface area contributed by atoms with Gasteiger partial charge in [0.2, 0.25) is 0 Å². The number of aryl methyl sites for hydroxylation is 1. The number of anilines is 6. The minimum Gasteiger partial charge on any atom is -0.296 e. The summed E-state index contributed by atoms with van der Waals surface area (Å²) in [6, 6.07) is 28.7. The normalized spacial score (nSPS) is 17.1. The fraction of sp³-hybridized carbons (Fsp3) is 0.472. The summed E-state index contributed by atoms with van der Waals surface area (Å²) in [5.74, 6) is 1.99. The minimum atomic E-state index is -0.134. The van der Waals surface area contributed by atoms with E-state index in [4.69, 9.17) is 9.97 Å². The number of hydrogen-bond donors (Lipinski definition) is 0. The quantitative estimate of drug-likeness (QED) is 0.164. The van der Waals surface area contributed by atoms with E-state index in [1.165, 1.54) is 61.3 Å². The Labute approximate surface area is 351 Å². The van der Waals surface area contributed by atoms with Gasteiger partial charge in [-0.25, -0.2) is 9.97 Å². The number of hydrogen-bond acceptors (Lipinski definition) is 4. The third-order valence-electron chi connectivity index (χ3n) is 13.6. The molecule has 0 atom stereocenters. The van der Waals surface area contributed by atoms with E-state index in [0.29, 0.717) is 0 Å². The van der Waals surface area contributed by atoms with Crippen LogP contribution >= 0.6 is 0 Å². The lowest BCUT2D eigenvalue weighted by Gasteiger charge is -2.47. The molecular weight excluding hydrogens is 703 g/mol. The first-order chi connectivity index (χ1) is 26.7. The van der Waals surface area contributed by atoms with Gasteiger partial charge in [-0.15, -0.1) is 0 Å². The first-order valence-electron chi connectivity index (χ1n) is 21.8. The Morgan fingerprint density at radius 1 is 0.517 bits per heavy atom. The third-order valence-corrected chi connectivity index (χ3v) is 13.6. The highest BCUT2D eigenvalue weighted by Gasteiger charge is 2.48. The van der Waals surface area contributed by atoms with E-state index < -0.39 is 0 Å². The molecule has 0 bridgehead atoms. The van der Waals surface area contributed by atoms with E-state index in [1.807, 2.05) is 0 Å². The molecule has 0 N–H and O–H groups in total. The monoisotopic (exact) mass is 771 g/mol. The highest BCUT2D eigenvalue weighted by Crippen LogP contribution is 2.50. The van der Waals surface area contributed by atoms with E-state index in [9.17, 15) is 0 Å². The summed E-state index contributed by atoms with van der Waals surface area (Å²) < 4.78 is 0. The number of benzene rings is 3. The van der Waals surface area contributed by atoms with E-state index >= 15 is 0 Å². The van der Waals surface area contributed by atoms with Crippen molar-refractivity contribution in [3.63, 3.8) is 0 Å². The molecule has 3 aromatic carbocycles. The van der Waals surface area contributed by atoms with Crippen LogP contribution in [0.25, 0.3) is 0 Å². The zero-order valence-corrected chi connectivity index (χ0v) is 38.7. The average molecular weight is 771 g/mol. The first kappa shape index (κ1) is 40.4. The van der Waals surface area contributed by atoms with Gasteiger partial charge in [-0.1, -0.05) is 141 Å². The van der Waals surface area contributed by atoms with Crippen molar-refractivity contribution in [1.82, 2.24) is 9.97 Å². The van der Waals surface area contributed by atoms with Gasteiger partial charge in [0, 0.05) is 39.6 Å². The summed E-state index contributed by atoms with van der Waals surface area (Å²) in [4.78, 5) is 16.2. The van der Waals surface area contributed by atoms with Crippen molar-refractivity contribution in [2.24, 2.45) is 0 Å². The van der Waals surface area contributed by atoms with Crippen molar-refractivity contribution in [3.8, 4) is 0 Å². The summed E-state index contributed by atoms with van der Waals surface area (Å²) in [5, 5.41) is 0. The summed E-state index contributed by atoms with van der Waals surface area (Å²) >= 11 is 0. The highest BCUT2D eigenvalue weighted by molar-refractivity contribution is 7.00. The SMILES string of the molecule is Cc1cc2c3c(n1)N(c1ccc(C(C)(C)C)cc1)c1ccc(C(C)(C)C)cc1B3c1cc3c(cc1N2c1cc(C(C)(C)C)cc(C(C)(C)C)n1)C(C)(C)CCC3(C)C. The van der Waals surface area contributed by atoms with Crippen LogP contribution in [0.1, 0.15) is 163 Å². The second kappa shape index (κ2) is 12.8. The van der Waals surface area contributed by atoms with Gasteiger partial charge < -0.3 is 0 Å².